The van der Waals surface area contributed by atoms with E-state index in [1.165, 1.54) is 29.6 Å². The fourth-order valence-corrected chi connectivity index (χ4v) is 7.61. The molecule has 14 heteroatoms. The second kappa shape index (κ2) is 10.5. The molecule has 0 radical (unpaired) electrons. The number of fused-ring (bicyclic) bond motifs is 4. The van der Waals surface area contributed by atoms with E-state index in [4.69, 9.17) is 32.4 Å². The third-order valence-corrected chi connectivity index (χ3v) is 9.71. The summed E-state index contributed by atoms with van der Waals surface area (Å²) in [6, 6.07) is 14.1. The van der Waals surface area contributed by atoms with Gasteiger partial charge < -0.3 is 14.3 Å². The smallest absolute Gasteiger partial charge is 0.347 e. The largest absolute Gasteiger partial charge is 0.497 e. The molecule has 7 rings (SSSR count). The number of rotatable bonds is 6. The number of furan rings is 1. The Kier molecular flexibility index (Phi) is 6.84. The molecule has 0 bridgehead atoms. The molecule has 0 unspecified atom stereocenters. The summed E-state index contributed by atoms with van der Waals surface area (Å²) < 4.78 is 15.2. The highest BCUT2D eigenvalue weighted by Gasteiger charge is 2.69. The van der Waals surface area contributed by atoms with Crippen LogP contribution in [0, 0.1) is 5.92 Å². The summed E-state index contributed by atoms with van der Waals surface area (Å²) in [5.41, 5.74) is 1.77. The van der Waals surface area contributed by atoms with Gasteiger partial charge in [-0.05, 0) is 60.0 Å². The van der Waals surface area contributed by atoms with Gasteiger partial charge in [-0.2, -0.15) is 5.01 Å². The molecule has 2 amide bonds. The number of methoxy groups -OCH3 is 1. The van der Waals surface area contributed by atoms with Gasteiger partial charge in [-0.15, -0.1) is 0 Å². The number of allylic oxidation sites excluding steroid dienone is 2. The number of carbonyl (C=O) groups is 2. The number of carbonyl (C=O) groups excluding carboxylic acids is 2. The van der Waals surface area contributed by atoms with Crippen molar-refractivity contribution < 1.29 is 23.8 Å². The van der Waals surface area contributed by atoms with Crippen molar-refractivity contribution in [3.8, 4) is 5.75 Å². The zero-order valence-corrected chi connectivity index (χ0v) is 25.6. The Bertz CT molecular complexity index is 2020. The van der Waals surface area contributed by atoms with Gasteiger partial charge in [-0.25, -0.2) is 23.5 Å². The SMILES string of the molecule is COc1ccc([C@@]23C(=O)N(Nc4ccc(Cl)cc4Cl)C(=O)[C@@H]2C[C@@H]2C(=CCn4c(=O)n(C)c(=O)n42)[C@@H]3c2ccc(CO)o2)cc1. The van der Waals surface area contributed by atoms with Crippen LogP contribution in [-0.4, -0.2) is 43.0 Å². The van der Waals surface area contributed by atoms with Crippen molar-refractivity contribution in [1.29, 1.82) is 0 Å². The van der Waals surface area contributed by atoms with Gasteiger partial charge in [0.2, 0.25) is 0 Å². The summed E-state index contributed by atoms with van der Waals surface area (Å²) in [4.78, 5) is 55.9. The van der Waals surface area contributed by atoms with Crippen molar-refractivity contribution in [2.45, 2.75) is 36.9 Å². The lowest BCUT2D eigenvalue weighted by atomic mass is 9.54. The van der Waals surface area contributed by atoms with Gasteiger partial charge in [-0.1, -0.05) is 41.4 Å². The molecular weight excluding hydrogens is 625 g/mol. The van der Waals surface area contributed by atoms with Gasteiger partial charge in [0.05, 0.1) is 42.2 Å². The number of amides is 2. The van der Waals surface area contributed by atoms with Crippen LogP contribution in [0.15, 0.2) is 80.3 Å². The highest BCUT2D eigenvalue weighted by Crippen LogP contribution is 2.62. The maximum Gasteiger partial charge on any atom is 0.347 e. The average Bonchev–Trinajstić information content (AvgIpc) is 3.67. The molecule has 1 saturated carbocycles. The minimum atomic E-state index is -1.57. The molecule has 2 N–H and O–H groups in total. The Balaban J connectivity index is 1.49. The second-order valence-electron chi connectivity index (χ2n) is 11.3. The number of imide groups is 1. The lowest BCUT2D eigenvalue weighted by molar-refractivity contribution is -0.138. The molecule has 232 valence electrons. The zero-order chi connectivity index (χ0) is 31.8. The number of hydrogen-bond acceptors (Lipinski definition) is 8. The van der Waals surface area contributed by atoms with Crippen molar-refractivity contribution >= 4 is 40.7 Å². The first-order valence-electron chi connectivity index (χ1n) is 14.1. The van der Waals surface area contributed by atoms with Gasteiger partial charge in [-0.3, -0.25) is 15.0 Å². The van der Waals surface area contributed by atoms with Crippen LogP contribution < -0.4 is 21.5 Å². The van der Waals surface area contributed by atoms with E-state index in [0.717, 1.165) is 9.58 Å². The van der Waals surface area contributed by atoms with E-state index in [9.17, 15) is 19.5 Å². The molecular formula is C31H27Cl2N5O7. The van der Waals surface area contributed by atoms with Crippen molar-refractivity contribution in [3.63, 3.8) is 0 Å². The zero-order valence-electron chi connectivity index (χ0n) is 24.1. The third-order valence-electron chi connectivity index (χ3n) is 9.16. The number of hydrazine groups is 1. The number of benzene rings is 2. The van der Waals surface area contributed by atoms with Gasteiger partial charge in [0, 0.05) is 12.1 Å². The number of anilines is 1. The molecule has 4 heterocycles. The van der Waals surface area contributed by atoms with Gasteiger partial charge in [0.25, 0.3) is 11.8 Å². The van der Waals surface area contributed by atoms with E-state index in [2.05, 4.69) is 5.43 Å². The van der Waals surface area contributed by atoms with E-state index < -0.39 is 46.5 Å². The molecule has 2 fully saturated rings. The summed E-state index contributed by atoms with van der Waals surface area (Å²) in [6.45, 7) is -0.319. The van der Waals surface area contributed by atoms with Crippen molar-refractivity contribution in [1.82, 2.24) is 18.9 Å². The summed E-state index contributed by atoms with van der Waals surface area (Å²) in [5.74, 6) is -1.92. The van der Waals surface area contributed by atoms with Crippen LogP contribution in [0.2, 0.25) is 10.0 Å². The molecule has 2 aromatic heterocycles. The van der Waals surface area contributed by atoms with E-state index >= 15 is 4.79 Å². The highest BCUT2D eigenvalue weighted by molar-refractivity contribution is 6.36. The first kappa shape index (κ1) is 29.2. The first-order valence-corrected chi connectivity index (χ1v) is 14.9. The Morgan fingerprint density at radius 2 is 1.80 bits per heavy atom. The normalized spacial score (nSPS) is 23.8. The molecule has 45 heavy (non-hydrogen) atoms. The Morgan fingerprint density at radius 3 is 2.47 bits per heavy atom. The number of aromatic nitrogens is 3. The van der Waals surface area contributed by atoms with Crippen molar-refractivity contribution in [2.24, 2.45) is 13.0 Å². The number of aliphatic hydroxyl groups is 1. The molecule has 2 aliphatic heterocycles. The third kappa shape index (κ3) is 4.09. The number of nitrogens with zero attached hydrogens (tertiary/aromatic N) is 4. The molecule has 1 aliphatic carbocycles. The van der Waals surface area contributed by atoms with E-state index in [0.29, 0.717) is 27.7 Å². The molecule has 2 aromatic carbocycles. The fraction of sp³-hybridized carbons (Fsp3) is 0.290. The van der Waals surface area contributed by atoms with E-state index in [1.807, 2.05) is 6.08 Å². The number of nitrogens with one attached hydrogen (secondary N) is 1. The molecule has 0 spiro atoms. The minimum Gasteiger partial charge on any atom is -0.497 e. The standard InChI is InChI=1S/C31H27Cl2N5O7/c1-35-29(42)36-12-11-20-24(38(36)30(35)43)14-21-27(40)37(34-23-9-5-17(32)13-22(23)33)28(41)31(21,16-3-6-18(44-2)7-4-16)26(20)25-10-8-19(15-39)45-25/h3-11,13,21,24,26,34,39H,12,14-15H2,1-2H3/t21-,24+,26+,31+/m0/s1. The van der Waals surface area contributed by atoms with Crippen LogP contribution in [0.25, 0.3) is 0 Å². The van der Waals surface area contributed by atoms with E-state index in [1.54, 1.807) is 48.5 Å². The second-order valence-corrected chi connectivity index (χ2v) is 12.1. The number of halogens is 2. The van der Waals surface area contributed by atoms with Crippen LogP contribution in [-0.2, 0) is 35.2 Å². The maximum atomic E-state index is 15.0. The summed E-state index contributed by atoms with van der Waals surface area (Å²) in [6.07, 6.45) is 1.85. The predicted octanol–water partition coefficient (Wildman–Crippen LogP) is 3.37. The first-order chi connectivity index (χ1) is 21.6. The summed E-state index contributed by atoms with van der Waals surface area (Å²) in [7, 11) is 2.93. The maximum absolute atomic E-state index is 15.0. The van der Waals surface area contributed by atoms with Gasteiger partial charge in [0.15, 0.2) is 0 Å². The summed E-state index contributed by atoms with van der Waals surface area (Å²) >= 11 is 12.5. The Labute approximate surface area is 265 Å². The van der Waals surface area contributed by atoms with Crippen LogP contribution >= 0.6 is 23.2 Å². The molecule has 12 nitrogen and oxygen atoms in total. The van der Waals surface area contributed by atoms with Gasteiger partial charge in [0.1, 0.15) is 29.3 Å². The lowest BCUT2D eigenvalue weighted by Gasteiger charge is -2.47. The van der Waals surface area contributed by atoms with Crippen LogP contribution in [0.3, 0.4) is 0 Å². The number of ether oxygens (including phenoxy) is 1. The number of aliphatic hydroxyl groups excluding tert-OH is 1. The Hall–Kier alpha value is -4.52. The topological polar surface area (TPSA) is 141 Å². The average molecular weight is 652 g/mol. The molecule has 4 atom stereocenters. The predicted molar refractivity (Wildman–Crippen MR) is 163 cm³/mol. The molecule has 1 saturated heterocycles. The number of hydrogen-bond donors (Lipinski definition) is 2. The molecule has 4 aromatic rings. The van der Waals surface area contributed by atoms with Crippen LogP contribution in [0.4, 0.5) is 5.69 Å². The van der Waals surface area contributed by atoms with Crippen LogP contribution in [0.5, 0.6) is 5.75 Å². The van der Waals surface area contributed by atoms with Crippen molar-refractivity contribution in [3.05, 3.63) is 114 Å². The lowest BCUT2D eigenvalue weighted by Crippen LogP contribution is -2.53. The minimum absolute atomic E-state index is 0.0302. The van der Waals surface area contributed by atoms with Crippen LogP contribution in [0.1, 0.15) is 35.5 Å². The monoisotopic (exact) mass is 651 g/mol. The highest BCUT2D eigenvalue weighted by atomic mass is 35.5. The van der Waals surface area contributed by atoms with E-state index in [-0.39, 0.29) is 36.0 Å². The van der Waals surface area contributed by atoms with Crippen molar-refractivity contribution in [2.75, 3.05) is 12.5 Å². The Morgan fingerprint density at radius 1 is 1.04 bits per heavy atom. The quantitative estimate of drug-likeness (QED) is 0.239. The fourth-order valence-electron chi connectivity index (χ4n) is 7.16. The summed E-state index contributed by atoms with van der Waals surface area (Å²) in [5, 5.41) is 11.4. The molecule has 3 aliphatic rings. The van der Waals surface area contributed by atoms with Gasteiger partial charge >= 0.3 is 11.4 Å².